The molecule has 0 spiro atoms. The van der Waals surface area contributed by atoms with Gasteiger partial charge in [-0.25, -0.2) is 0 Å². The van der Waals surface area contributed by atoms with Crippen LogP contribution in [0.3, 0.4) is 0 Å². The van der Waals surface area contributed by atoms with Crippen molar-refractivity contribution in [1.29, 1.82) is 0 Å². The van der Waals surface area contributed by atoms with Gasteiger partial charge in [0, 0.05) is 0 Å². The highest BCUT2D eigenvalue weighted by Crippen LogP contribution is 2.45. The number of hydrogen-bond donors (Lipinski definition) is 2. The fourth-order valence-electron chi connectivity index (χ4n) is 4.83. The van der Waals surface area contributed by atoms with Gasteiger partial charge in [-0.1, -0.05) is 25.8 Å². The van der Waals surface area contributed by atoms with Crippen LogP contribution in [-0.2, 0) is 0 Å². The third-order valence-corrected chi connectivity index (χ3v) is 6.47. The highest BCUT2D eigenvalue weighted by molar-refractivity contribution is 5.60. The minimum Gasteiger partial charge on any atom is -0.506 e. The van der Waals surface area contributed by atoms with E-state index in [0.29, 0.717) is 11.6 Å². The summed E-state index contributed by atoms with van der Waals surface area (Å²) in [5.74, 6) is 3.77. The van der Waals surface area contributed by atoms with E-state index in [4.69, 9.17) is 5.73 Å². The summed E-state index contributed by atoms with van der Waals surface area (Å²) in [6.07, 6.45) is 11.1. The smallest absolute Gasteiger partial charge is 0.138 e. The Balaban J connectivity index is 1.61. The van der Waals surface area contributed by atoms with Crippen LogP contribution >= 0.6 is 0 Å². The molecule has 3 N–H and O–H groups in total. The van der Waals surface area contributed by atoms with Crippen molar-refractivity contribution in [3.05, 3.63) is 23.3 Å². The van der Waals surface area contributed by atoms with E-state index in [-0.39, 0.29) is 5.75 Å². The maximum absolute atomic E-state index is 9.73. The standard InChI is InChI=1S/C20H31NO/c1-13-3-5-15(6-4-13)16-7-9-17(10-8-16)18-11-12-19(22)20(21)14(18)2/h11-13,15-17,22H,3-10,21H2,1-2H3. The third-order valence-electron chi connectivity index (χ3n) is 6.47. The normalized spacial score (nSPS) is 32.8. The molecule has 1 aromatic rings. The predicted molar refractivity (Wildman–Crippen MR) is 93.1 cm³/mol. The topological polar surface area (TPSA) is 46.2 Å². The number of phenols is 1. The SMILES string of the molecule is Cc1c(C2CCC(C3CCC(C)CC3)CC2)ccc(O)c1N. The molecule has 0 atom stereocenters. The molecule has 2 heteroatoms. The van der Waals surface area contributed by atoms with Crippen LogP contribution in [0.15, 0.2) is 12.1 Å². The summed E-state index contributed by atoms with van der Waals surface area (Å²) in [7, 11) is 0. The van der Waals surface area contributed by atoms with Crippen molar-refractivity contribution < 1.29 is 5.11 Å². The second-order valence-electron chi connectivity index (χ2n) is 7.84. The Morgan fingerprint density at radius 2 is 1.45 bits per heavy atom. The van der Waals surface area contributed by atoms with Crippen molar-refractivity contribution in [3.63, 3.8) is 0 Å². The van der Waals surface area contributed by atoms with Gasteiger partial charge in [0.15, 0.2) is 0 Å². The van der Waals surface area contributed by atoms with E-state index in [1.54, 1.807) is 6.07 Å². The predicted octanol–water partition coefficient (Wildman–Crippen LogP) is 5.38. The average molecular weight is 301 g/mol. The van der Waals surface area contributed by atoms with Gasteiger partial charge in [0.2, 0.25) is 0 Å². The molecule has 2 aliphatic rings. The number of hydrogen-bond acceptors (Lipinski definition) is 2. The molecule has 0 amide bonds. The first-order valence-corrected chi connectivity index (χ1v) is 9.14. The molecule has 2 saturated carbocycles. The van der Waals surface area contributed by atoms with Gasteiger partial charge >= 0.3 is 0 Å². The summed E-state index contributed by atoms with van der Waals surface area (Å²) in [5.41, 5.74) is 9.03. The maximum Gasteiger partial charge on any atom is 0.138 e. The van der Waals surface area contributed by atoms with Crippen molar-refractivity contribution in [3.8, 4) is 5.75 Å². The fraction of sp³-hybridized carbons (Fsp3) is 0.700. The second kappa shape index (κ2) is 6.52. The first kappa shape index (κ1) is 15.7. The highest BCUT2D eigenvalue weighted by Gasteiger charge is 2.31. The van der Waals surface area contributed by atoms with Crippen LogP contribution in [0.2, 0.25) is 0 Å². The lowest BCUT2D eigenvalue weighted by Crippen LogP contribution is -2.25. The molecular weight excluding hydrogens is 270 g/mol. The van der Waals surface area contributed by atoms with E-state index in [9.17, 15) is 5.11 Å². The molecule has 0 unspecified atom stereocenters. The first-order chi connectivity index (χ1) is 10.6. The molecule has 2 aliphatic carbocycles. The number of anilines is 1. The lowest BCUT2D eigenvalue weighted by molar-refractivity contribution is 0.165. The number of phenolic OH excluding ortho intramolecular Hbond substituents is 1. The van der Waals surface area contributed by atoms with Crippen LogP contribution in [0.25, 0.3) is 0 Å². The summed E-state index contributed by atoms with van der Waals surface area (Å²) in [6, 6.07) is 3.86. The lowest BCUT2D eigenvalue weighted by Gasteiger charge is -2.37. The summed E-state index contributed by atoms with van der Waals surface area (Å²) in [6.45, 7) is 4.46. The average Bonchev–Trinajstić information content (AvgIpc) is 2.54. The lowest BCUT2D eigenvalue weighted by atomic mass is 9.68. The quantitative estimate of drug-likeness (QED) is 0.569. The molecule has 22 heavy (non-hydrogen) atoms. The molecule has 3 rings (SSSR count). The van der Waals surface area contributed by atoms with Crippen molar-refractivity contribution in [2.75, 3.05) is 5.73 Å². The Morgan fingerprint density at radius 1 is 0.909 bits per heavy atom. The van der Waals surface area contributed by atoms with Gasteiger partial charge in [-0.2, -0.15) is 0 Å². The summed E-state index contributed by atoms with van der Waals surface area (Å²) < 4.78 is 0. The van der Waals surface area contributed by atoms with Gasteiger partial charge in [-0.3, -0.25) is 0 Å². The van der Waals surface area contributed by atoms with Crippen LogP contribution < -0.4 is 5.73 Å². The van der Waals surface area contributed by atoms with Gasteiger partial charge in [0.25, 0.3) is 0 Å². The van der Waals surface area contributed by atoms with E-state index in [1.165, 1.54) is 56.9 Å². The Hall–Kier alpha value is -1.18. The molecule has 2 fully saturated rings. The molecule has 122 valence electrons. The first-order valence-electron chi connectivity index (χ1n) is 9.14. The van der Waals surface area contributed by atoms with E-state index in [1.807, 2.05) is 0 Å². The minimum atomic E-state index is 0.228. The van der Waals surface area contributed by atoms with Crippen molar-refractivity contribution in [1.82, 2.24) is 0 Å². The number of nitrogens with two attached hydrogens (primary N) is 1. The third kappa shape index (κ3) is 3.11. The Labute approximate surface area is 135 Å². The van der Waals surface area contributed by atoms with E-state index >= 15 is 0 Å². The zero-order chi connectivity index (χ0) is 15.7. The van der Waals surface area contributed by atoms with Gasteiger partial charge < -0.3 is 10.8 Å². The van der Waals surface area contributed by atoms with E-state index < -0.39 is 0 Å². The van der Waals surface area contributed by atoms with Crippen LogP contribution in [0, 0.1) is 24.7 Å². The molecule has 0 aliphatic heterocycles. The zero-order valence-electron chi connectivity index (χ0n) is 14.1. The summed E-state index contributed by atoms with van der Waals surface area (Å²) in [5, 5.41) is 9.73. The monoisotopic (exact) mass is 301 g/mol. The Bertz CT molecular complexity index is 509. The summed E-state index contributed by atoms with van der Waals surface area (Å²) in [4.78, 5) is 0. The molecule has 1 aromatic carbocycles. The highest BCUT2D eigenvalue weighted by atomic mass is 16.3. The molecule has 0 bridgehead atoms. The van der Waals surface area contributed by atoms with E-state index in [2.05, 4.69) is 19.9 Å². The largest absolute Gasteiger partial charge is 0.506 e. The molecule has 2 nitrogen and oxygen atoms in total. The van der Waals surface area contributed by atoms with Gasteiger partial charge in [-0.15, -0.1) is 0 Å². The molecular formula is C20H31NO. The number of benzene rings is 1. The summed E-state index contributed by atoms with van der Waals surface area (Å²) >= 11 is 0. The number of nitrogen functional groups attached to an aromatic ring is 1. The molecule has 0 heterocycles. The molecule has 0 aromatic heterocycles. The maximum atomic E-state index is 9.73. The molecule has 0 saturated heterocycles. The van der Waals surface area contributed by atoms with Gasteiger partial charge in [-0.05, 0) is 86.3 Å². The Kier molecular flexibility index (Phi) is 4.65. The second-order valence-corrected chi connectivity index (χ2v) is 7.84. The minimum absolute atomic E-state index is 0.228. The molecule has 0 radical (unpaired) electrons. The van der Waals surface area contributed by atoms with Gasteiger partial charge in [0.1, 0.15) is 5.75 Å². The number of aromatic hydroxyl groups is 1. The number of rotatable bonds is 2. The van der Waals surface area contributed by atoms with E-state index in [0.717, 1.165) is 23.3 Å². The Morgan fingerprint density at radius 3 is 2.05 bits per heavy atom. The van der Waals surface area contributed by atoms with Crippen molar-refractivity contribution in [2.45, 2.75) is 71.1 Å². The zero-order valence-corrected chi connectivity index (χ0v) is 14.1. The fourth-order valence-corrected chi connectivity index (χ4v) is 4.83. The van der Waals surface area contributed by atoms with Crippen LogP contribution in [0.5, 0.6) is 5.75 Å². The van der Waals surface area contributed by atoms with Crippen LogP contribution in [0.1, 0.15) is 75.3 Å². The van der Waals surface area contributed by atoms with Crippen molar-refractivity contribution in [2.24, 2.45) is 17.8 Å². The van der Waals surface area contributed by atoms with Crippen LogP contribution in [0.4, 0.5) is 5.69 Å². The van der Waals surface area contributed by atoms with Crippen LogP contribution in [-0.4, -0.2) is 5.11 Å². The van der Waals surface area contributed by atoms with Crippen molar-refractivity contribution >= 4 is 5.69 Å². The van der Waals surface area contributed by atoms with Gasteiger partial charge in [0.05, 0.1) is 5.69 Å².